The van der Waals surface area contributed by atoms with Crippen LogP contribution in [0.1, 0.15) is 37.0 Å². The predicted octanol–water partition coefficient (Wildman–Crippen LogP) is 0.862. The average Bonchev–Trinajstić information content (AvgIpc) is 2.83. The molecule has 1 aromatic carbocycles. The Morgan fingerprint density at radius 2 is 1.92 bits per heavy atom. The van der Waals surface area contributed by atoms with Crippen LogP contribution in [-0.4, -0.2) is 76.5 Å². The molecule has 10 nitrogen and oxygen atoms in total. The molecular weight excluding hydrogens is 485 g/mol. The number of nitrogens with zero attached hydrogens (tertiary/aromatic N) is 1. The van der Waals surface area contributed by atoms with Crippen LogP contribution in [0.5, 0.6) is 5.75 Å². The molecule has 1 saturated carbocycles. The van der Waals surface area contributed by atoms with Gasteiger partial charge in [0.15, 0.2) is 11.4 Å². The summed E-state index contributed by atoms with van der Waals surface area (Å²) in [5.74, 6) is -6.06. The number of rotatable bonds is 6. The second-order valence-electron chi connectivity index (χ2n) is 10.6. The summed E-state index contributed by atoms with van der Waals surface area (Å²) in [4.78, 5) is 40.4. The molecule has 4 atom stereocenters. The standard InChI is InChI=1S/C26H33N3O7.FH/c1-11(2)9-28-10-12-5-6-16(30)18-14(12)7-13-8-15-20(29(3)4)22(32)19(25(27)35)24(34)26(15,36)23(33)17(13)21(18)31;/h5-6,11,13,15,20,28,30-31,34,36H,7-10H2,1-4H3,(H2,27,35);1H/t13-,15-,20?,26-;/m0./s1/i/hD. The number of likely N-dealkylation sites (N-methyl/N-ethyl adjacent to an activating group) is 1. The Kier molecular flexibility index (Phi) is 7.15. The van der Waals surface area contributed by atoms with Gasteiger partial charge >= 0.3 is 0 Å². The maximum atomic E-state index is 13.8. The van der Waals surface area contributed by atoms with Gasteiger partial charge in [-0.3, -0.25) is 24.0 Å². The van der Waals surface area contributed by atoms with Gasteiger partial charge in [-0.25, -0.2) is 0 Å². The number of amides is 1. The summed E-state index contributed by atoms with van der Waals surface area (Å²) in [6, 6.07) is 2.11. The first-order valence-electron chi connectivity index (χ1n) is 12.4. The van der Waals surface area contributed by atoms with Crippen LogP contribution < -0.4 is 11.1 Å². The van der Waals surface area contributed by atoms with E-state index in [1.165, 1.54) is 11.0 Å². The van der Waals surface area contributed by atoms with Gasteiger partial charge in [0, 0.05) is 18.0 Å². The number of Topliss-reactive ketones (excluding diaryl/α,β-unsaturated/α-hetero) is 2. The molecule has 0 aromatic heterocycles. The van der Waals surface area contributed by atoms with E-state index in [1.807, 2.05) is 0 Å². The molecule has 11 heteroatoms. The van der Waals surface area contributed by atoms with E-state index in [0.717, 1.165) is 12.1 Å². The number of carbonyl (C=O) groups excluding carboxylic acids is 3. The number of aromatic hydroxyl groups is 1. The first kappa shape index (κ1) is 26.8. The number of hydrogen-bond donors (Lipinski definition) is 6. The van der Waals surface area contributed by atoms with Crippen LogP contribution in [0.4, 0.5) is 4.72 Å². The van der Waals surface area contributed by atoms with Crippen molar-refractivity contribution in [3.05, 3.63) is 45.7 Å². The van der Waals surface area contributed by atoms with E-state index >= 15 is 0 Å². The van der Waals surface area contributed by atoms with Crippen molar-refractivity contribution in [2.45, 2.75) is 44.9 Å². The molecule has 3 aliphatic carbocycles. The molecule has 7 N–H and O–H groups in total. The van der Waals surface area contributed by atoms with E-state index in [-0.39, 0.29) is 29.7 Å². The molecule has 0 spiro atoms. The van der Waals surface area contributed by atoms with E-state index in [9.17, 15) is 34.8 Å². The third-order valence-electron chi connectivity index (χ3n) is 7.57. The molecule has 4 rings (SSSR count). The van der Waals surface area contributed by atoms with Crippen LogP contribution in [0.15, 0.2) is 29.0 Å². The Morgan fingerprint density at radius 3 is 2.49 bits per heavy atom. The van der Waals surface area contributed by atoms with Crippen molar-refractivity contribution in [3.63, 3.8) is 0 Å². The topological polar surface area (TPSA) is 173 Å². The number of nitrogens with two attached hydrogens (primary N) is 1. The highest BCUT2D eigenvalue weighted by atomic mass is 19.0. The molecule has 37 heavy (non-hydrogen) atoms. The Hall–Kier alpha value is -3.28. The number of ketones is 2. The molecule has 1 aromatic rings. The second kappa shape index (κ2) is 9.88. The van der Waals surface area contributed by atoms with Crippen molar-refractivity contribution in [1.82, 2.24) is 10.2 Å². The van der Waals surface area contributed by atoms with Crippen LogP contribution in [-0.2, 0) is 27.3 Å². The van der Waals surface area contributed by atoms with Crippen molar-refractivity contribution in [2.75, 3.05) is 20.6 Å². The van der Waals surface area contributed by atoms with Gasteiger partial charge in [-0.05, 0) is 62.5 Å². The average molecular weight is 521 g/mol. The van der Waals surface area contributed by atoms with Crippen LogP contribution >= 0.6 is 0 Å². The first-order valence-corrected chi connectivity index (χ1v) is 12.0. The summed E-state index contributed by atoms with van der Waals surface area (Å²) >= 11 is 0. The lowest BCUT2D eigenvalue weighted by molar-refractivity contribution is -0.153. The minimum absolute atomic E-state index is 0.0697. The second-order valence-corrected chi connectivity index (χ2v) is 10.6. The number of nitrogens with one attached hydrogen (secondary N) is 1. The Labute approximate surface area is 215 Å². The monoisotopic (exact) mass is 520 g/mol. The van der Waals surface area contributed by atoms with Crippen molar-refractivity contribution in [2.24, 2.45) is 23.5 Å². The van der Waals surface area contributed by atoms with E-state index in [4.69, 9.17) is 10.5 Å². The minimum Gasteiger partial charge on any atom is -0.508 e. The number of fused-ring (bicyclic) bond motifs is 3. The van der Waals surface area contributed by atoms with Gasteiger partial charge in [0.2, 0.25) is 5.78 Å². The van der Waals surface area contributed by atoms with Crippen molar-refractivity contribution < 1.29 is 39.5 Å². The minimum atomic E-state index is -2.63. The summed E-state index contributed by atoms with van der Waals surface area (Å²) in [6.45, 7) is 5.41. The van der Waals surface area contributed by atoms with Gasteiger partial charge in [0.1, 0.15) is 22.8 Å². The van der Waals surface area contributed by atoms with Gasteiger partial charge in [0.05, 0.1) is 11.6 Å². The van der Waals surface area contributed by atoms with Crippen molar-refractivity contribution in [3.8, 4) is 5.75 Å². The Balaban J connectivity index is 0.00000195. The smallest absolute Gasteiger partial charge is 0.269 e. The lowest BCUT2D eigenvalue weighted by atomic mass is 9.57. The summed E-state index contributed by atoms with van der Waals surface area (Å²) in [7, 11) is 3.15. The maximum absolute atomic E-state index is 13.8. The number of aliphatic hydroxyl groups excluding tert-OH is 2. The Bertz CT molecular complexity index is 1230. The van der Waals surface area contributed by atoms with E-state index < -0.39 is 58.0 Å². The van der Waals surface area contributed by atoms with Crippen LogP contribution in [0.3, 0.4) is 0 Å². The van der Waals surface area contributed by atoms with Crippen LogP contribution in [0.25, 0.3) is 5.76 Å². The highest BCUT2D eigenvalue weighted by Crippen LogP contribution is 2.52. The zero-order valence-electron chi connectivity index (χ0n) is 22.2. The number of hydrogen-bond acceptors (Lipinski definition) is 9. The van der Waals surface area contributed by atoms with Crippen molar-refractivity contribution >= 4 is 23.2 Å². The highest BCUT2D eigenvalue weighted by molar-refractivity contribution is 6.24. The molecule has 0 saturated heterocycles. The zero-order chi connectivity index (χ0) is 28.7. The van der Waals surface area contributed by atoms with E-state index in [2.05, 4.69) is 20.6 Å². The summed E-state index contributed by atoms with van der Waals surface area (Å²) in [5, 5.41) is 47.7. The molecule has 1 amide bonds. The molecular formula is C26H34FN3O7. The number of primary amides is 1. The number of halogens is 1. The Morgan fingerprint density at radius 1 is 1.27 bits per heavy atom. The van der Waals surface area contributed by atoms with Gasteiger partial charge < -0.3 is 31.5 Å². The lowest BCUT2D eigenvalue weighted by Crippen LogP contribution is -2.65. The molecule has 1 fully saturated rings. The SMILES string of the molecule is CC(C)CNCc1ccc(O)c2c1C[C@H]1C[C@H]3C(N(C)C)C(=O)C(C(N)=O)=C(O)[C@@]3(O)C(=O)C1=C2O.[2H]F. The van der Waals surface area contributed by atoms with E-state index in [0.29, 0.717) is 18.0 Å². The zero-order valence-corrected chi connectivity index (χ0v) is 21.2. The van der Waals surface area contributed by atoms with Gasteiger partial charge in [-0.1, -0.05) is 19.9 Å². The number of phenolic OH excluding ortho intramolecular Hbond substituents is 1. The largest absolute Gasteiger partial charge is 0.508 e. The number of phenols is 1. The summed E-state index contributed by atoms with van der Waals surface area (Å²) in [6.07, 6.45) is 0.349. The number of carbonyl (C=O) groups is 3. The fraction of sp³-hybridized carbons (Fsp3) is 0.500. The lowest BCUT2D eigenvalue weighted by Gasteiger charge is -2.50. The molecule has 3 aliphatic rings. The fourth-order valence-corrected chi connectivity index (χ4v) is 5.97. The fourth-order valence-electron chi connectivity index (χ4n) is 5.97. The molecule has 1 unspecified atom stereocenters. The van der Waals surface area contributed by atoms with E-state index in [1.54, 1.807) is 20.2 Å². The third kappa shape index (κ3) is 4.20. The van der Waals surface area contributed by atoms with Crippen LogP contribution in [0, 0.1) is 17.8 Å². The van der Waals surface area contributed by atoms with Crippen LogP contribution in [0.2, 0.25) is 0 Å². The predicted molar refractivity (Wildman–Crippen MR) is 133 cm³/mol. The molecule has 202 valence electrons. The third-order valence-corrected chi connectivity index (χ3v) is 7.57. The number of benzene rings is 1. The summed E-state index contributed by atoms with van der Waals surface area (Å²) < 4.78 is 13.0. The summed E-state index contributed by atoms with van der Waals surface area (Å²) in [5.41, 5.74) is 3.37. The van der Waals surface area contributed by atoms with Gasteiger partial charge in [-0.15, -0.1) is 0 Å². The quantitative estimate of drug-likeness (QED) is 0.297. The number of aliphatic hydroxyl groups is 3. The molecule has 0 bridgehead atoms. The molecule has 0 heterocycles. The van der Waals surface area contributed by atoms with Gasteiger partial charge in [0.25, 0.3) is 7.36 Å². The van der Waals surface area contributed by atoms with Gasteiger partial charge in [-0.2, -0.15) is 0 Å². The van der Waals surface area contributed by atoms with Crippen molar-refractivity contribution in [1.29, 1.82) is 1.45 Å². The normalized spacial score (nSPS) is 27.4. The molecule has 0 radical (unpaired) electrons. The molecule has 0 aliphatic heterocycles. The first-order chi connectivity index (χ1) is 17.8. The highest BCUT2D eigenvalue weighted by Gasteiger charge is 2.64. The maximum Gasteiger partial charge on any atom is 0.269 e.